The van der Waals surface area contributed by atoms with Gasteiger partial charge in [-0.2, -0.15) is 13.2 Å². The fourth-order valence-corrected chi connectivity index (χ4v) is 2.95. The van der Waals surface area contributed by atoms with Crippen LogP contribution in [0.15, 0.2) is 12.1 Å². The van der Waals surface area contributed by atoms with Crippen molar-refractivity contribution >= 4 is 35.6 Å². The van der Waals surface area contributed by atoms with Gasteiger partial charge in [-0.15, -0.1) is 12.4 Å². The van der Waals surface area contributed by atoms with Crippen LogP contribution in [0.2, 0.25) is 10.0 Å². The minimum absolute atomic E-state index is 0. The number of benzene rings is 1. The van der Waals surface area contributed by atoms with Gasteiger partial charge in [0.05, 0.1) is 16.5 Å². The van der Waals surface area contributed by atoms with Crippen molar-refractivity contribution in [1.82, 2.24) is 10.2 Å². The summed E-state index contributed by atoms with van der Waals surface area (Å²) in [4.78, 5) is 1.75. The molecule has 0 amide bonds. The lowest BCUT2D eigenvalue weighted by Gasteiger charge is -2.35. The largest absolute Gasteiger partial charge is 0.505 e. The lowest BCUT2D eigenvalue weighted by Crippen LogP contribution is -2.46. The van der Waals surface area contributed by atoms with Crippen LogP contribution in [0.4, 0.5) is 13.2 Å². The number of phenolic OH excluding ortho intramolecular Hbond substituents is 1. The molecule has 1 aliphatic rings. The predicted molar refractivity (Wildman–Crippen MR) is 83.2 cm³/mol. The zero-order chi connectivity index (χ0) is 15.6. The van der Waals surface area contributed by atoms with Crippen LogP contribution < -0.4 is 5.32 Å². The van der Waals surface area contributed by atoms with E-state index in [1.54, 1.807) is 4.90 Å². The molecule has 0 radical (unpaired) electrons. The zero-order valence-corrected chi connectivity index (χ0v) is 13.8. The quantitative estimate of drug-likeness (QED) is 0.833. The molecule has 1 saturated heterocycles. The van der Waals surface area contributed by atoms with Gasteiger partial charge in [0.25, 0.3) is 0 Å². The molecule has 1 heterocycles. The van der Waals surface area contributed by atoms with Crippen molar-refractivity contribution in [2.24, 2.45) is 0 Å². The average molecular weight is 380 g/mol. The third-order valence-corrected chi connectivity index (χ3v) is 4.02. The number of nitrogens with zero attached hydrogens (tertiary/aromatic N) is 1. The Morgan fingerprint density at radius 2 is 1.68 bits per heavy atom. The molecule has 0 spiro atoms. The third kappa shape index (κ3) is 5.06. The Balaban J connectivity index is 0.00000242. The number of piperazine rings is 1. The van der Waals surface area contributed by atoms with Crippen LogP contribution in [0.1, 0.15) is 18.0 Å². The third-order valence-electron chi connectivity index (χ3n) is 3.44. The van der Waals surface area contributed by atoms with Crippen molar-refractivity contribution in [3.63, 3.8) is 0 Å². The van der Waals surface area contributed by atoms with E-state index in [4.69, 9.17) is 23.2 Å². The number of hydrogen-bond acceptors (Lipinski definition) is 3. The van der Waals surface area contributed by atoms with Gasteiger partial charge < -0.3 is 10.4 Å². The van der Waals surface area contributed by atoms with Gasteiger partial charge in [-0.1, -0.05) is 23.2 Å². The first-order valence-corrected chi connectivity index (χ1v) is 7.23. The first-order valence-electron chi connectivity index (χ1n) is 6.47. The molecule has 0 unspecified atom stereocenters. The summed E-state index contributed by atoms with van der Waals surface area (Å²) in [5, 5.41) is 12.6. The van der Waals surface area contributed by atoms with Crippen LogP contribution in [0.5, 0.6) is 5.75 Å². The SMILES string of the molecule is Cl.Oc1c(Cl)cc([C@H](CC(F)(F)F)N2CCNCC2)cc1Cl. The summed E-state index contributed by atoms with van der Waals surface area (Å²) < 4.78 is 38.6. The first-order chi connectivity index (χ1) is 9.78. The number of hydrogen-bond donors (Lipinski definition) is 2. The Bertz CT molecular complexity index is 485. The highest BCUT2D eigenvalue weighted by Crippen LogP contribution is 2.39. The molecule has 1 aromatic carbocycles. The summed E-state index contributed by atoms with van der Waals surface area (Å²) in [5.41, 5.74) is 0.363. The average Bonchev–Trinajstić information content (AvgIpc) is 2.41. The van der Waals surface area contributed by atoms with E-state index in [1.807, 2.05) is 0 Å². The lowest BCUT2D eigenvalue weighted by atomic mass is 10.0. The van der Waals surface area contributed by atoms with Crippen LogP contribution in [0.25, 0.3) is 0 Å². The van der Waals surface area contributed by atoms with Crippen molar-refractivity contribution in [3.8, 4) is 5.75 Å². The zero-order valence-electron chi connectivity index (χ0n) is 11.5. The van der Waals surface area contributed by atoms with Crippen molar-refractivity contribution in [2.45, 2.75) is 18.6 Å². The van der Waals surface area contributed by atoms with E-state index in [9.17, 15) is 18.3 Å². The van der Waals surface area contributed by atoms with Gasteiger partial charge in [0.1, 0.15) is 0 Å². The van der Waals surface area contributed by atoms with Crippen molar-refractivity contribution in [2.75, 3.05) is 26.2 Å². The molecule has 22 heavy (non-hydrogen) atoms. The fraction of sp³-hybridized carbons (Fsp3) is 0.538. The molecule has 1 atom stereocenters. The summed E-state index contributed by atoms with van der Waals surface area (Å²) in [6, 6.07) is 1.84. The van der Waals surface area contributed by atoms with Crippen LogP contribution in [0, 0.1) is 0 Å². The highest BCUT2D eigenvalue weighted by atomic mass is 35.5. The topological polar surface area (TPSA) is 35.5 Å². The Labute approximate surface area is 142 Å². The second-order valence-electron chi connectivity index (χ2n) is 4.95. The van der Waals surface area contributed by atoms with Crippen molar-refractivity contribution in [3.05, 3.63) is 27.7 Å². The van der Waals surface area contributed by atoms with E-state index in [0.29, 0.717) is 31.7 Å². The molecule has 1 aliphatic heterocycles. The minimum Gasteiger partial charge on any atom is -0.505 e. The maximum Gasteiger partial charge on any atom is 0.390 e. The molecule has 2 rings (SSSR count). The first kappa shape index (κ1) is 19.6. The predicted octanol–water partition coefficient (Wildman–Crippen LogP) is 4.02. The molecular weight excluding hydrogens is 364 g/mol. The molecule has 9 heteroatoms. The summed E-state index contributed by atoms with van der Waals surface area (Å²) in [7, 11) is 0. The summed E-state index contributed by atoms with van der Waals surface area (Å²) in [5.74, 6) is -0.312. The molecule has 3 nitrogen and oxygen atoms in total. The Morgan fingerprint density at radius 3 is 2.14 bits per heavy atom. The molecule has 1 fully saturated rings. The second kappa shape index (κ2) is 7.93. The number of phenols is 1. The summed E-state index contributed by atoms with van der Waals surface area (Å²) >= 11 is 11.7. The van der Waals surface area contributed by atoms with Crippen LogP contribution in [0.3, 0.4) is 0 Å². The standard InChI is InChI=1S/C13H15Cl2F3N2O.ClH/c14-9-5-8(6-10(15)12(9)21)11(7-13(16,17)18)20-3-1-19-2-4-20;/h5-6,11,19,21H,1-4,7H2;1H/t11-;/m0./s1. The van der Waals surface area contributed by atoms with Crippen LogP contribution in [-0.2, 0) is 0 Å². The van der Waals surface area contributed by atoms with E-state index in [2.05, 4.69) is 5.32 Å². The van der Waals surface area contributed by atoms with E-state index in [-0.39, 0.29) is 28.2 Å². The smallest absolute Gasteiger partial charge is 0.390 e. The lowest BCUT2D eigenvalue weighted by molar-refractivity contribution is -0.148. The van der Waals surface area contributed by atoms with Gasteiger partial charge in [-0.25, -0.2) is 0 Å². The molecule has 0 aliphatic carbocycles. The molecule has 2 N–H and O–H groups in total. The number of halogens is 6. The van der Waals surface area contributed by atoms with Gasteiger partial charge >= 0.3 is 6.18 Å². The number of aromatic hydroxyl groups is 1. The molecule has 0 bridgehead atoms. The van der Waals surface area contributed by atoms with E-state index < -0.39 is 18.6 Å². The van der Waals surface area contributed by atoms with Crippen LogP contribution >= 0.6 is 35.6 Å². The van der Waals surface area contributed by atoms with E-state index in [0.717, 1.165) is 0 Å². The molecule has 0 aromatic heterocycles. The second-order valence-corrected chi connectivity index (χ2v) is 5.77. The van der Waals surface area contributed by atoms with Crippen molar-refractivity contribution in [1.29, 1.82) is 0 Å². The van der Waals surface area contributed by atoms with Gasteiger partial charge in [-0.05, 0) is 17.7 Å². The summed E-state index contributed by atoms with van der Waals surface area (Å²) in [6.07, 6.45) is -5.28. The van der Waals surface area contributed by atoms with Gasteiger partial charge in [0.15, 0.2) is 5.75 Å². The van der Waals surface area contributed by atoms with Crippen molar-refractivity contribution < 1.29 is 18.3 Å². The molecule has 1 aromatic rings. The van der Waals surface area contributed by atoms with E-state index in [1.165, 1.54) is 12.1 Å². The maximum atomic E-state index is 12.9. The number of nitrogens with one attached hydrogen (secondary N) is 1. The normalized spacial score (nSPS) is 17.9. The summed E-state index contributed by atoms with van der Waals surface area (Å²) in [6.45, 7) is 2.29. The highest BCUT2D eigenvalue weighted by Gasteiger charge is 2.36. The number of rotatable bonds is 3. The Hall–Kier alpha value is -0.400. The van der Waals surface area contributed by atoms with E-state index >= 15 is 0 Å². The van der Waals surface area contributed by atoms with Gasteiger partial charge in [0.2, 0.25) is 0 Å². The monoisotopic (exact) mass is 378 g/mol. The van der Waals surface area contributed by atoms with Crippen LogP contribution in [-0.4, -0.2) is 42.4 Å². The Morgan fingerprint density at radius 1 is 1.18 bits per heavy atom. The highest BCUT2D eigenvalue weighted by molar-refractivity contribution is 6.37. The molecule has 0 saturated carbocycles. The molecule has 126 valence electrons. The maximum absolute atomic E-state index is 12.9. The van der Waals surface area contributed by atoms with Gasteiger partial charge in [-0.3, -0.25) is 4.90 Å². The fourth-order valence-electron chi connectivity index (χ4n) is 2.45. The van der Waals surface area contributed by atoms with Gasteiger partial charge in [0, 0.05) is 32.2 Å². The minimum atomic E-state index is -4.30. The number of alkyl halides is 3. The Kier molecular flexibility index (Phi) is 7.08. The molecular formula is C13H16Cl3F3N2O.